The summed E-state index contributed by atoms with van der Waals surface area (Å²) < 4.78 is 11.2. The lowest BCUT2D eigenvalue weighted by atomic mass is 9.85. The molecule has 2 bridgehead atoms. The molecule has 4 aliphatic rings. The maximum atomic E-state index is 12.8. The first kappa shape index (κ1) is 23.5. The van der Waals surface area contributed by atoms with Crippen molar-refractivity contribution >= 4 is 41.8 Å². The van der Waals surface area contributed by atoms with Gasteiger partial charge in [-0.15, -0.1) is 24.0 Å². The number of nitrogens with one attached hydrogen (secondary N) is 2. The van der Waals surface area contributed by atoms with Crippen molar-refractivity contribution in [3.05, 3.63) is 12.2 Å². The number of amides is 2. The fourth-order valence-corrected chi connectivity index (χ4v) is 5.21. The molecule has 0 aromatic carbocycles. The minimum Gasteiger partial charge on any atom is -0.381 e. The largest absolute Gasteiger partial charge is 0.381 e. The molecule has 2 aliphatic carbocycles. The molecule has 2 N–H and O–H groups in total. The van der Waals surface area contributed by atoms with E-state index >= 15 is 0 Å². The fraction of sp³-hybridized carbons (Fsp3) is 0.762. The predicted octanol–water partition coefficient (Wildman–Crippen LogP) is 1.16. The molecule has 0 aromatic heterocycles. The first-order valence-electron chi connectivity index (χ1n) is 10.8. The molecule has 0 spiro atoms. The molecule has 3 fully saturated rings. The van der Waals surface area contributed by atoms with E-state index in [-0.39, 0.29) is 65.1 Å². The fourth-order valence-electron chi connectivity index (χ4n) is 5.21. The lowest BCUT2D eigenvalue weighted by molar-refractivity contribution is -0.140. The van der Waals surface area contributed by atoms with E-state index in [0.717, 1.165) is 25.8 Å². The topological polar surface area (TPSA) is 92.3 Å². The summed E-state index contributed by atoms with van der Waals surface area (Å²) in [6.07, 6.45) is 6.85. The van der Waals surface area contributed by atoms with Crippen molar-refractivity contribution < 1.29 is 19.1 Å². The average molecular weight is 532 g/mol. The molecular formula is C21H33IN4O4. The minimum atomic E-state index is -0.287. The highest BCUT2D eigenvalue weighted by molar-refractivity contribution is 14.0. The summed E-state index contributed by atoms with van der Waals surface area (Å²) >= 11 is 0. The number of halogens is 1. The smallest absolute Gasteiger partial charge is 0.233 e. The van der Waals surface area contributed by atoms with Crippen molar-refractivity contribution in [1.29, 1.82) is 0 Å². The zero-order valence-electron chi connectivity index (χ0n) is 17.8. The van der Waals surface area contributed by atoms with E-state index in [1.165, 1.54) is 4.90 Å². The quantitative estimate of drug-likeness (QED) is 0.168. The van der Waals surface area contributed by atoms with E-state index in [9.17, 15) is 9.59 Å². The number of aliphatic imine (C=N–C) groups is 1. The zero-order chi connectivity index (χ0) is 20.4. The maximum absolute atomic E-state index is 12.8. The number of hydrogen-bond acceptors (Lipinski definition) is 5. The molecule has 8 nitrogen and oxygen atoms in total. The number of imide groups is 1. The van der Waals surface area contributed by atoms with E-state index in [1.54, 1.807) is 7.11 Å². The number of nitrogens with zero attached hydrogens (tertiary/aromatic N) is 2. The monoisotopic (exact) mass is 532 g/mol. The molecule has 4 rings (SSSR count). The number of carbonyl (C=O) groups excluding carboxylic acids is 2. The number of methoxy groups -OCH3 is 1. The van der Waals surface area contributed by atoms with Gasteiger partial charge in [-0.1, -0.05) is 12.2 Å². The highest BCUT2D eigenvalue weighted by Crippen LogP contribution is 2.52. The lowest BCUT2D eigenvalue weighted by Crippen LogP contribution is -2.46. The minimum absolute atomic E-state index is 0. The van der Waals surface area contributed by atoms with Crippen LogP contribution in [0.15, 0.2) is 17.1 Å². The molecule has 2 aliphatic heterocycles. The molecule has 9 heteroatoms. The van der Waals surface area contributed by atoms with Crippen LogP contribution in [0.4, 0.5) is 0 Å². The van der Waals surface area contributed by atoms with Gasteiger partial charge >= 0.3 is 0 Å². The normalized spacial score (nSPS) is 31.7. The molecule has 0 aromatic rings. The summed E-state index contributed by atoms with van der Waals surface area (Å²) in [7, 11) is 1.73. The van der Waals surface area contributed by atoms with E-state index in [0.29, 0.717) is 38.8 Å². The Kier molecular flexibility index (Phi) is 7.78. The maximum Gasteiger partial charge on any atom is 0.233 e. The summed E-state index contributed by atoms with van der Waals surface area (Å²) in [5.74, 6) is 0.925. The number of guanidine groups is 1. The van der Waals surface area contributed by atoms with Crippen LogP contribution in [0.25, 0.3) is 0 Å². The summed E-state index contributed by atoms with van der Waals surface area (Å²) in [5, 5.41) is 6.49. The number of likely N-dealkylation sites (tertiary alicyclic amines) is 1. The van der Waals surface area contributed by atoms with Gasteiger partial charge < -0.3 is 20.1 Å². The molecule has 2 heterocycles. The number of ether oxygens (including phenoxy) is 2. The molecule has 4 atom stereocenters. The van der Waals surface area contributed by atoms with Crippen molar-refractivity contribution in [3.8, 4) is 0 Å². The molecule has 2 saturated heterocycles. The van der Waals surface area contributed by atoms with Gasteiger partial charge in [0.15, 0.2) is 5.96 Å². The third-order valence-corrected chi connectivity index (χ3v) is 6.90. The third kappa shape index (κ3) is 4.38. The first-order valence-corrected chi connectivity index (χ1v) is 10.8. The Labute approximate surface area is 195 Å². The van der Waals surface area contributed by atoms with Crippen LogP contribution in [0.3, 0.4) is 0 Å². The Morgan fingerprint density at radius 3 is 2.40 bits per heavy atom. The zero-order valence-corrected chi connectivity index (χ0v) is 20.1. The van der Waals surface area contributed by atoms with Gasteiger partial charge in [0.2, 0.25) is 11.8 Å². The van der Waals surface area contributed by atoms with Crippen LogP contribution in [0.2, 0.25) is 0 Å². The summed E-state index contributed by atoms with van der Waals surface area (Å²) in [4.78, 5) is 31.7. The second kappa shape index (κ2) is 9.95. The van der Waals surface area contributed by atoms with E-state index < -0.39 is 0 Å². The Morgan fingerprint density at radius 2 is 1.83 bits per heavy atom. The van der Waals surface area contributed by atoms with Crippen LogP contribution < -0.4 is 10.6 Å². The Hall–Kier alpha value is -1.20. The molecule has 0 radical (unpaired) electrons. The summed E-state index contributed by atoms with van der Waals surface area (Å²) in [6, 6.07) is 0. The number of hydrogen-bond donors (Lipinski definition) is 2. The van der Waals surface area contributed by atoms with E-state index in [1.807, 2.05) is 6.92 Å². The van der Waals surface area contributed by atoms with Gasteiger partial charge in [0, 0.05) is 52.8 Å². The second-order valence-electron chi connectivity index (χ2n) is 8.45. The van der Waals surface area contributed by atoms with Crippen LogP contribution in [0, 0.1) is 23.7 Å². The molecule has 2 amide bonds. The average Bonchev–Trinajstić information content (AvgIpc) is 3.42. The van der Waals surface area contributed by atoms with Gasteiger partial charge in [0.25, 0.3) is 0 Å². The van der Waals surface area contributed by atoms with Crippen LogP contribution in [0.1, 0.15) is 26.2 Å². The second-order valence-corrected chi connectivity index (χ2v) is 8.45. The number of fused-ring (bicyclic) bond motifs is 5. The molecule has 1 saturated carbocycles. The van der Waals surface area contributed by atoms with Crippen LogP contribution >= 0.6 is 24.0 Å². The molecular weight excluding hydrogens is 499 g/mol. The Bertz CT molecular complexity index is 677. The van der Waals surface area contributed by atoms with Gasteiger partial charge in [-0.2, -0.15) is 0 Å². The van der Waals surface area contributed by atoms with Gasteiger partial charge in [0.05, 0.1) is 24.0 Å². The van der Waals surface area contributed by atoms with Crippen LogP contribution in [0.5, 0.6) is 0 Å². The Balaban J connectivity index is 0.00000256. The van der Waals surface area contributed by atoms with Crippen molar-refractivity contribution in [2.75, 3.05) is 46.5 Å². The van der Waals surface area contributed by atoms with Gasteiger partial charge in [-0.05, 0) is 25.2 Å². The highest BCUT2D eigenvalue weighted by Gasteiger charge is 2.58. The number of allylic oxidation sites excluding steroid dienone is 2. The number of rotatable bonds is 7. The number of carbonyl (C=O) groups is 2. The molecule has 4 unspecified atom stereocenters. The van der Waals surface area contributed by atoms with Crippen molar-refractivity contribution in [3.63, 3.8) is 0 Å². The van der Waals surface area contributed by atoms with Crippen molar-refractivity contribution in [2.45, 2.75) is 31.8 Å². The van der Waals surface area contributed by atoms with Gasteiger partial charge in [-0.25, -0.2) is 0 Å². The third-order valence-electron chi connectivity index (χ3n) is 6.90. The molecule has 168 valence electrons. The highest BCUT2D eigenvalue weighted by atomic mass is 127. The van der Waals surface area contributed by atoms with Gasteiger partial charge in [-0.3, -0.25) is 19.5 Å². The van der Waals surface area contributed by atoms with Crippen molar-refractivity contribution in [1.82, 2.24) is 15.5 Å². The van der Waals surface area contributed by atoms with E-state index in [2.05, 4.69) is 27.8 Å². The summed E-state index contributed by atoms with van der Waals surface area (Å²) in [6.45, 7) is 5.51. The van der Waals surface area contributed by atoms with Crippen LogP contribution in [-0.2, 0) is 19.1 Å². The Morgan fingerprint density at radius 1 is 1.20 bits per heavy atom. The molecule has 30 heavy (non-hydrogen) atoms. The predicted molar refractivity (Wildman–Crippen MR) is 124 cm³/mol. The standard InChI is InChI=1S/C21H32N4O4.HI/c1-3-22-20(24-13-21(28-2)6-10-29-11-7-21)23-8-9-25-18(26)16-14-4-5-15(12-14)17(16)19(25)27;/h4-5,14-17H,3,6-13H2,1-2H3,(H2,22,23,24);1H. The van der Waals surface area contributed by atoms with Gasteiger partial charge in [0.1, 0.15) is 0 Å². The van der Waals surface area contributed by atoms with E-state index in [4.69, 9.17) is 9.47 Å². The lowest BCUT2D eigenvalue weighted by Gasteiger charge is -2.34. The van der Waals surface area contributed by atoms with Crippen molar-refractivity contribution in [2.24, 2.45) is 28.7 Å². The summed E-state index contributed by atoms with van der Waals surface area (Å²) in [5.41, 5.74) is -0.287. The van der Waals surface area contributed by atoms with Crippen LogP contribution in [-0.4, -0.2) is 74.8 Å². The SMILES string of the molecule is CCNC(=NCC1(OC)CCOCC1)NCCN1C(=O)C2C3C=CC(C3)C2C1=O.I. The first-order chi connectivity index (χ1) is 14.1.